The fraction of sp³-hybridized carbons (Fsp3) is 0.840. The molecule has 28 heavy (non-hydrogen) atoms. The van der Waals surface area contributed by atoms with Crippen molar-refractivity contribution >= 4 is 0 Å². The normalized spacial score (nSPS) is 30.4. The topological polar surface area (TPSA) is 52.5 Å². The van der Waals surface area contributed by atoms with Crippen molar-refractivity contribution in [3.63, 3.8) is 0 Å². The van der Waals surface area contributed by atoms with Gasteiger partial charge in [0.25, 0.3) is 0 Å². The van der Waals surface area contributed by atoms with E-state index in [9.17, 15) is 10.2 Å². The molecule has 2 aliphatic rings. The van der Waals surface area contributed by atoms with Gasteiger partial charge in [-0.05, 0) is 84.1 Å². The highest BCUT2D eigenvalue weighted by molar-refractivity contribution is 5.18. The molecule has 3 N–H and O–H groups in total. The van der Waals surface area contributed by atoms with Crippen LogP contribution < -0.4 is 5.32 Å². The van der Waals surface area contributed by atoms with Crippen LogP contribution in [0.5, 0.6) is 0 Å². The van der Waals surface area contributed by atoms with Crippen molar-refractivity contribution in [2.75, 3.05) is 6.54 Å². The Morgan fingerprint density at radius 1 is 1.14 bits per heavy atom. The van der Waals surface area contributed by atoms with E-state index in [4.69, 9.17) is 0 Å². The number of aliphatic hydroxyl groups is 2. The third kappa shape index (κ3) is 8.00. The summed E-state index contributed by atoms with van der Waals surface area (Å²) in [6.45, 7) is 9.93. The van der Waals surface area contributed by atoms with Crippen LogP contribution in [0, 0.1) is 17.8 Å². The lowest BCUT2D eigenvalue weighted by Crippen LogP contribution is -2.36. The molecule has 2 saturated carbocycles. The highest BCUT2D eigenvalue weighted by Crippen LogP contribution is 2.50. The molecular formula is C25H45NO2. The van der Waals surface area contributed by atoms with Crippen molar-refractivity contribution in [3.05, 3.63) is 23.8 Å². The monoisotopic (exact) mass is 391 g/mol. The number of allylic oxidation sites excluding steroid dienone is 2. The van der Waals surface area contributed by atoms with Gasteiger partial charge in [-0.25, -0.2) is 0 Å². The van der Waals surface area contributed by atoms with Gasteiger partial charge >= 0.3 is 0 Å². The van der Waals surface area contributed by atoms with E-state index in [0.717, 1.165) is 32.2 Å². The predicted molar refractivity (Wildman–Crippen MR) is 119 cm³/mol. The summed E-state index contributed by atoms with van der Waals surface area (Å²) in [5.74, 6) is 1.44. The Kier molecular flexibility index (Phi) is 9.73. The Morgan fingerprint density at radius 3 is 2.64 bits per heavy atom. The minimum absolute atomic E-state index is 0.217. The van der Waals surface area contributed by atoms with E-state index >= 15 is 0 Å². The van der Waals surface area contributed by atoms with E-state index in [1.54, 1.807) is 5.57 Å². The number of unbranched alkanes of at least 4 members (excludes halogenated alkanes) is 4. The van der Waals surface area contributed by atoms with Crippen molar-refractivity contribution in [1.82, 2.24) is 5.32 Å². The molecule has 3 nitrogen and oxygen atoms in total. The van der Waals surface area contributed by atoms with E-state index in [-0.39, 0.29) is 23.7 Å². The van der Waals surface area contributed by atoms with E-state index < -0.39 is 0 Å². The highest BCUT2D eigenvalue weighted by Gasteiger charge is 2.44. The van der Waals surface area contributed by atoms with Crippen LogP contribution in [0.4, 0.5) is 0 Å². The summed E-state index contributed by atoms with van der Waals surface area (Å²) in [5.41, 5.74) is 1.82. The molecule has 2 fully saturated rings. The van der Waals surface area contributed by atoms with Gasteiger partial charge in [0.1, 0.15) is 0 Å². The van der Waals surface area contributed by atoms with Gasteiger partial charge in [-0.3, -0.25) is 0 Å². The standard InChI is InChI=1S/C25H45NO2/c1-5-6-8-12-21(27)13-14-22-23-17-19(16-20(23)18-24(22)28)11-9-7-10-15-26-25(2,3)4/h11,13-14,20-24,26-28H,5-10,12,15-18H2,1-4H3/b14-13+,19-11+/t20-,21-,22+,23-,24+/m0/s1. The minimum atomic E-state index is -0.351. The maximum Gasteiger partial charge on any atom is 0.0721 e. The summed E-state index contributed by atoms with van der Waals surface area (Å²) >= 11 is 0. The zero-order chi connectivity index (χ0) is 20.6. The molecule has 5 atom stereocenters. The molecule has 3 heteroatoms. The van der Waals surface area contributed by atoms with Crippen molar-refractivity contribution in [3.8, 4) is 0 Å². The van der Waals surface area contributed by atoms with Gasteiger partial charge in [0.15, 0.2) is 0 Å². The van der Waals surface area contributed by atoms with Gasteiger partial charge in [0.2, 0.25) is 0 Å². The molecule has 0 saturated heterocycles. The first kappa shape index (κ1) is 23.6. The fourth-order valence-electron chi connectivity index (χ4n) is 4.93. The van der Waals surface area contributed by atoms with Gasteiger partial charge < -0.3 is 15.5 Å². The first-order chi connectivity index (χ1) is 13.3. The minimum Gasteiger partial charge on any atom is -0.392 e. The van der Waals surface area contributed by atoms with E-state index in [2.05, 4.69) is 45.2 Å². The second-order valence-electron chi connectivity index (χ2n) is 10.2. The molecule has 0 unspecified atom stereocenters. The van der Waals surface area contributed by atoms with E-state index in [1.807, 2.05) is 6.08 Å². The van der Waals surface area contributed by atoms with Crippen molar-refractivity contribution in [2.24, 2.45) is 17.8 Å². The Labute approximate surface area is 173 Å². The second-order valence-corrected chi connectivity index (χ2v) is 10.2. The molecule has 0 spiro atoms. The number of aliphatic hydroxyl groups excluding tert-OH is 2. The Hall–Kier alpha value is -0.640. The van der Waals surface area contributed by atoms with Gasteiger partial charge in [-0.2, -0.15) is 0 Å². The molecular weight excluding hydrogens is 346 g/mol. The molecule has 0 amide bonds. The van der Waals surface area contributed by atoms with Crippen LogP contribution in [0.25, 0.3) is 0 Å². The quantitative estimate of drug-likeness (QED) is 0.327. The molecule has 0 radical (unpaired) electrons. The lowest BCUT2D eigenvalue weighted by Gasteiger charge is -2.20. The van der Waals surface area contributed by atoms with Crippen LogP contribution in [-0.2, 0) is 0 Å². The third-order valence-corrected chi connectivity index (χ3v) is 6.49. The van der Waals surface area contributed by atoms with Crippen molar-refractivity contribution < 1.29 is 10.2 Å². The fourth-order valence-corrected chi connectivity index (χ4v) is 4.93. The van der Waals surface area contributed by atoms with Crippen LogP contribution in [0.1, 0.15) is 91.9 Å². The number of nitrogens with one attached hydrogen (secondary N) is 1. The molecule has 0 aromatic rings. The van der Waals surface area contributed by atoms with Crippen molar-refractivity contribution in [2.45, 2.75) is 110 Å². The summed E-state index contributed by atoms with van der Waals surface area (Å²) in [6, 6.07) is 0. The van der Waals surface area contributed by atoms with Crippen LogP contribution in [0.15, 0.2) is 23.8 Å². The number of hydrogen-bond acceptors (Lipinski definition) is 3. The SMILES string of the molecule is CCCCC[C@H](O)/C=C/[C@@H]1[C@H]2C/C(=C/CCCCNC(C)(C)C)C[C@H]2C[C@H]1O. The summed E-state index contributed by atoms with van der Waals surface area (Å²) in [4.78, 5) is 0. The van der Waals surface area contributed by atoms with Gasteiger partial charge in [-0.1, -0.05) is 50.0 Å². The summed E-state index contributed by atoms with van der Waals surface area (Å²) in [6.07, 6.45) is 17.2. The van der Waals surface area contributed by atoms with E-state index in [0.29, 0.717) is 11.8 Å². The van der Waals surface area contributed by atoms with E-state index in [1.165, 1.54) is 38.5 Å². The summed E-state index contributed by atoms with van der Waals surface area (Å²) < 4.78 is 0. The first-order valence-corrected chi connectivity index (χ1v) is 11.8. The van der Waals surface area contributed by atoms with Crippen LogP contribution in [0.3, 0.4) is 0 Å². The Morgan fingerprint density at radius 2 is 1.93 bits per heavy atom. The average molecular weight is 392 g/mol. The lowest BCUT2D eigenvalue weighted by atomic mass is 9.90. The highest BCUT2D eigenvalue weighted by atomic mass is 16.3. The van der Waals surface area contributed by atoms with Crippen LogP contribution in [-0.4, -0.2) is 34.5 Å². The smallest absolute Gasteiger partial charge is 0.0721 e. The number of hydrogen-bond donors (Lipinski definition) is 3. The zero-order valence-corrected chi connectivity index (χ0v) is 18.8. The molecule has 2 rings (SSSR count). The largest absolute Gasteiger partial charge is 0.392 e. The predicted octanol–water partition coefficient (Wildman–Crippen LogP) is 5.38. The van der Waals surface area contributed by atoms with Crippen LogP contribution >= 0.6 is 0 Å². The Balaban J connectivity index is 1.74. The Bertz CT molecular complexity index is 505. The molecule has 0 aromatic carbocycles. The molecule has 0 bridgehead atoms. The van der Waals surface area contributed by atoms with Gasteiger partial charge in [0.05, 0.1) is 12.2 Å². The molecule has 0 aliphatic heterocycles. The second kappa shape index (κ2) is 11.5. The summed E-state index contributed by atoms with van der Waals surface area (Å²) in [5, 5.41) is 24.2. The summed E-state index contributed by atoms with van der Waals surface area (Å²) in [7, 11) is 0. The molecule has 162 valence electrons. The molecule has 0 heterocycles. The molecule has 0 aromatic heterocycles. The lowest BCUT2D eigenvalue weighted by molar-refractivity contribution is 0.139. The number of rotatable bonds is 11. The van der Waals surface area contributed by atoms with Gasteiger partial charge in [0, 0.05) is 11.5 Å². The maximum absolute atomic E-state index is 10.5. The zero-order valence-electron chi connectivity index (χ0n) is 18.8. The molecule has 2 aliphatic carbocycles. The third-order valence-electron chi connectivity index (χ3n) is 6.49. The van der Waals surface area contributed by atoms with Crippen LogP contribution in [0.2, 0.25) is 0 Å². The van der Waals surface area contributed by atoms with Crippen molar-refractivity contribution in [1.29, 1.82) is 0 Å². The average Bonchev–Trinajstić information content (AvgIpc) is 3.12. The number of fused-ring (bicyclic) bond motifs is 1. The first-order valence-electron chi connectivity index (χ1n) is 11.8. The van der Waals surface area contributed by atoms with Gasteiger partial charge in [-0.15, -0.1) is 0 Å². The maximum atomic E-state index is 10.5.